The zero-order valence-corrected chi connectivity index (χ0v) is 20.3. The van der Waals surface area contributed by atoms with E-state index in [2.05, 4.69) is 20.9 Å². The molecule has 196 valence electrons. The van der Waals surface area contributed by atoms with Crippen molar-refractivity contribution in [2.45, 2.75) is 31.5 Å². The maximum Gasteiger partial charge on any atom is 0.389 e. The van der Waals surface area contributed by atoms with Crippen LogP contribution < -0.4 is 26.8 Å². The largest absolute Gasteiger partial charge is 0.480 e. The van der Waals surface area contributed by atoms with E-state index in [0.717, 1.165) is 0 Å². The maximum atomic E-state index is 12.5. The zero-order valence-electron chi connectivity index (χ0n) is 18.8. The van der Waals surface area contributed by atoms with Gasteiger partial charge in [-0.25, -0.2) is 4.79 Å². The van der Waals surface area contributed by atoms with E-state index in [4.69, 9.17) is 23.2 Å². The second kappa shape index (κ2) is 11.6. The molecule has 2 aromatic carbocycles. The van der Waals surface area contributed by atoms with E-state index >= 15 is 0 Å². The highest BCUT2D eigenvalue weighted by Gasteiger charge is 2.28. The third-order valence-corrected chi connectivity index (χ3v) is 5.77. The average molecular weight is 559 g/mol. The minimum atomic E-state index is -4.36. The van der Waals surface area contributed by atoms with E-state index in [1.807, 2.05) is 0 Å². The molecule has 0 fully saturated rings. The summed E-state index contributed by atoms with van der Waals surface area (Å²) in [5.41, 5.74) is -1.52. The number of aromatic nitrogens is 1. The minimum Gasteiger partial charge on any atom is -0.480 e. The van der Waals surface area contributed by atoms with Crippen LogP contribution in [0.25, 0.3) is 0 Å². The lowest BCUT2D eigenvalue weighted by Gasteiger charge is -2.20. The van der Waals surface area contributed by atoms with Gasteiger partial charge in [-0.15, -0.1) is 0 Å². The number of nitrogens with one attached hydrogen (secondary N) is 3. The summed E-state index contributed by atoms with van der Waals surface area (Å²) in [5, 5.41) is 17.3. The molecule has 37 heavy (non-hydrogen) atoms. The summed E-state index contributed by atoms with van der Waals surface area (Å²) in [6, 6.07) is 4.79. The van der Waals surface area contributed by atoms with Gasteiger partial charge in [-0.2, -0.15) is 13.2 Å². The van der Waals surface area contributed by atoms with Crippen molar-refractivity contribution in [3.8, 4) is 0 Å². The van der Waals surface area contributed by atoms with Crippen molar-refractivity contribution in [1.82, 2.24) is 4.98 Å². The number of hydrogen-bond acceptors (Lipinski definition) is 7. The number of halogens is 5. The lowest BCUT2D eigenvalue weighted by Crippen LogP contribution is -2.42. The third-order valence-electron chi connectivity index (χ3n) is 5.20. The average Bonchev–Trinajstić information content (AvgIpc) is 2.82. The van der Waals surface area contributed by atoms with Crippen LogP contribution >= 0.6 is 23.2 Å². The predicted octanol–water partition coefficient (Wildman–Crippen LogP) is 4.10. The summed E-state index contributed by atoms with van der Waals surface area (Å²) in [4.78, 5) is 51.8. The molecule has 4 N–H and O–H groups in total. The van der Waals surface area contributed by atoms with Crippen molar-refractivity contribution < 1.29 is 27.9 Å². The first-order chi connectivity index (χ1) is 17.4. The molecular formula is C23H19Cl2F3N4O5. The summed E-state index contributed by atoms with van der Waals surface area (Å²) < 4.78 is 36.9. The normalized spacial score (nSPS) is 12.2. The van der Waals surface area contributed by atoms with Gasteiger partial charge in [0, 0.05) is 37.5 Å². The van der Waals surface area contributed by atoms with Crippen molar-refractivity contribution in [2.24, 2.45) is 0 Å². The molecule has 0 bridgehead atoms. The van der Waals surface area contributed by atoms with Crippen molar-refractivity contribution in [1.29, 1.82) is 0 Å². The van der Waals surface area contributed by atoms with Crippen LogP contribution in [0.2, 0.25) is 10.0 Å². The first-order valence-corrected chi connectivity index (χ1v) is 11.5. The summed E-state index contributed by atoms with van der Waals surface area (Å²) in [7, 11) is 0. The number of nitrogens with zero attached hydrogens (tertiary/aromatic N) is 1. The highest BCUT2D eigenvalue weighted by Crippen LogP contribution is 2.25. The number of carbonyl (C=O) groups is 2. The Hall–Kier alpha value is -3.64. The molecule has 0 saturated carbocycles. The van der Waals surface area contributed by atoms with Gasteiger partial charge in [0.1, 0.15) is 17.4 Å². The molecule has 0 saturated heterocycles. The van der Waals surface area contributed by atoms with Gasteiger partial charge in [0.05, 0.1) is 15.6 Å². The van der Waals surface area contributed by atoms with Gasteiger partial charge in [0.2, 0.25) is 0 Å². The van der Waals surface area contributed by atoms with Gasteiger partial charge in [0.25, 0.3) is 16.8 Å². The van der Waals surface area contributed by atoms with E-state index in [0.29, 0.717) is 11.3 Å². The maximum absolute atomic E-state index is 12.5. The number of anilines is 3. The minimum absolute atomic E-state index is 0.0355. The van der Waals surface area contributed by atoms with Crippen LogP contribution in [0, 0.1) is 0 Å². The number of amides is 1. The number of alkyl halides is 3. The molecule has 0 radical (unpaired) electrons. The Balaban J connectivity index is 1.64. The summed E-state index contributed by atoms with van der Waals surface area (Å²) in [5.74, 6) is -1.90. The Kier molecular flexibility index (Phi) is 8.77. The lowest BCUT2D eigenvalue weighted by molar-refractivity contribution is -0.138. The number of carboxylic acid groups (broad SMARTS) is 1. The van der Waals surface area contributed by atoms with Crippen molar-refractivity contribution in [2.75, 3.05) is 22.5 Å². The quantitative estimate of drug-likeness (QED) is 0.204. The van der Waals surface area contributed by atoms with Crippen LogP contribution in [0.5, 0.6) is 0 Å². The number of aliphatic carboxylic acids is 1. The monoisotopic (exact) mass is 558 g/mol. The summed E-state index contributed by atoms with van der Waals surface area (Å²) in [6.45, 7) is -0.222. The highest BCUT2D eigenvalue weighted by molar-refractivity contribution is 6.40. The lowest BCUT2D eigenvalue weighted by atomic mass is 10.0. The zero-order chi connectivity index (χ0) is 27.3. The van der Waals surface area contributed by atoms with E-state index < -0.39 is 41.4 Å². The standard InChI is InChI=1S/C23H19Cl2F3N4O5/c24-13-9-29-10-14(25)16(13)21(35)31-12-4-2-11(3-5-12)8-15(22(36)37)32-18-17(19(33)20(18)34)30-7-1-6-23(26,27)28/h2-5,9-10,15,30,32H,1,6-8H2,(H,31,35)(H,36,37)/t15-/m0/s1. The van der Waals surface area contributed by atoms with Gasteiger partial charge < -0.3 is 21.1 Å². The van der Waals surface area contributed by atoms with E-state index in [1.54, 1.807) is 12.1 Å². The second-order valence-electron chi connectivity index (χ2n) is 7.92. The SMILES string of the molecule is O=C(Nc1ccc(C[C@H](Nc2c(NCCCC(F)(F)F)c(=O)c2=O)C(=O)O)cc1)c1c(Cl)cncc1Cl. The molecular weight excluding hydrogens is 540 g/mol. The van der Waals surface area contributed by atoms with E-state index in [9.17, 15) is 37.5 Å². The number of pyridine rings is 1. The first-order valence-electron chi connectivity index (χ1n) is 10.7. The molecule has 0 aliphatic carbocycles. The Morgan fingerprint density at radius 2 is 1.59 bits per heavy atom. The number of carbonyl (C=O) groups excluding carboxylic acids is 1. The number of carboxylic acids is 1. The van der Waals surface area contributed by atoms with Gasteiger partial charge in [0.15, 0.2) is 0 Å². The molecule has 1 aromatic heterocycles. The molecule has 14 heteroatoms. The van der Waals surface area contributed by atoms with Crippen LogP contribution in [0.4, 0.5) is 30.2 Å². The van der Waals surface area contributed by atoms with Gasteiger partial charge in [-0.3, -0.25) is 19.4 Å². The summed E-state index contributed by atoms with van der Waals surface area (Å²) in [6.07, 6.45) is -3.34. The molecule has 3 aromatic rings. The van der Waals surface area contributed by atoms with Crippen LogP contribution in [0.1, 0.15) is 28.8 Å². The fourth-order valence-corrected chi connectivity index (χ4v) is 3.89. The highest BCUT2D eigenvalue weighted by atomic mass is 35.5. The molecule has 9 nitrogen and oxygen atoms in total. The van der Waals surface area contributed by atoms with Crippen molar-refractivity contribution in [3.63, 3.8) is 0 Å². The van der Waals surface area contributed by atoms with Gasteiger partial charge in [-0.05, 0) is 24.1 Å². The molecule has 0 aliphatic heterocycles. The number of rotatable bonds is 11. The Labute approximate surface area is 217 Å². The van der Waals surface area contributed by atoms with Crippen LogP contribution in [-0.2, 0) is 11.2 Å². The van der Waals surface area contributed by atoms with Crippen LogP contribution in [0.15, 0.2) is 46.2 Å². The summed E-state index contributed by atoms with van der Waals surface area (Å²) >= 11 is 12.0. The fraction of sp³-hybridized carbons (Fsp3) is 0.261. The molecule has 3 rings (SSSR count). The fourth-order valence-electron chi connectivity index (χ4n) is 3.36. The molecule has 0 spiro atoms. The number of benzene rings is 1. The first kappa shape index (κ1) is 27.9. The van der Waals surface area contributed by atoms with Crippen LogP contribution in [-0.4, -0.2) is 40.7 Å². The Morgan fingerprint density at radius 3 is 2.16 bits per heavy atom. The van der Waals surface area contributed by atoms with E-state index in [1.165, 1.54) is 24.5 Å². The third kappa shape index (κ3) is 7.20. The molecule has 0 unspecified atom stereocenters. The molecule has 1 amide bonds. The predicted molar refractivity (Wildman–Crippen MR) is 133 cm³/mol. The molecule has 1 atom stereocenters. The topological polar surface area (TPSA) is 137 Å². The van der Waals surface area contributed by atoms with Crippen molar-refractivity contribution in [3.05, 3.63) is 78.3 Å². The second-order valence-corrected chi connectivity index (χ2v) is 8.74. The van der Waals surface area contributed by atoms with Gasteiger partial charge >= 0.3 is 12.1 Å². The van der Waals surface area contributed by atoms with Crippen molar-refractivity contribution >= 4 is 52.1 Å². The van der Waals surface area contributed by atoms with Crippen LogP contribution in [0.3, 0.4) is 0 Å². The molecule has 1 heterocycles. The number of hydrogen-bond donors (Lipinski definition) is 4. The smallest absolute Gasteiger partial charge is 0.389 e. The Bertz CT molecular complexity index is 1350. The van der Waals surface area contributed by atoms with E-state index in [-0.39, 0.29) is 46.4 Å². The van der Waals surface area contributed by atoms with Gasteiger partial charge in [-0.1, -0.05) is 35.3 Å². The molecule has 0 aliphatic rings. The Morgan fingerprint density at radius 1 is 1.00 bits per heavy atom.